The Kier molecular flexibility index (Phi) is 1.13. The van der Waals surface area contributed by atoms with Crippen LogP contribution in [0.1, 0.15) is 25.3 Å². The minimum Gasteiger partial charge on any atom is -0.313 e. The standard InChI is InChI=1S/C11H14N2O/c14-11-12-3-4-13(11)10-8-6-1-2-7(5-6)9(8)10/h3-4,6-10H,1-2,5H2,(H,12,14). The third kappa shape index (κ3) is 0.689. The molecule has 14 heavy (non-hydrogen) atoms. The lowest BCUT2D eigenvalue weighted by atomic mass is 10.0. The van der Waals surface area contributed by atoms with E-state index in [1.165, 1.54) is 19.3 Å². The Bertz CT molecular complexity index is 416. The summed E-state index contributed by atoms with van der Waals surface area (Å²) in [6.07, 6.45) is 7.97. The Morgan fingerprint density at radius 2 is 2.00 bits per heavy atom. The normalized spacial score (nSPS) is 48.1. The summed E-state index contributed by atoms with van der Waals surface area (Å²) < 4.78 is 1.93. The first-order valence-electron chi connectivity index (χ1n) is 5.62. The van der Waals surface area contributed by atoms with Crippen molar-refractivity contribution in [3.8, 4) is 0 Å². The highest BCUT2D eigenvalue weighted by molar-refractivity contribution is 5.16. The maximum Gasteiger partial charge on any atom is 0.325 e. The first-order chi connectivity index (χ1) is 6.86. The molecule has 0 radical (unpaired) electrons. The molecule has 0 spiro atoms. The van der Waals surface area contributed by atoms with Crippen LogP contribution in [0.25, 0.3) is 0 Å². The largest absolute Gasteiger partial charge is 0.325 e. The van der Waals surface area contributed by atoms with Crippen molar-refractivity contribution in [2.24, 2.45) is 23.7 Å². The second-order valence-corrected chi connectivity index (χ2v) is 5.15. The Balaban J connectivity index is 1.73. The fourth-order valence-corrected chi connectivity index (χ4v) is 4.22. The van der Waals surface area contributed by atoms with Gasteiger partial charge in [-0.1, -0.05) is 0 Å². The second kappa shape index (κ2) is 2.15. The fraction of sp³-hybridized carbons (Fsp3) is 0.727. The molecule has 3 aliphatic carbocycles. The molecule has 2 bridgehead atoms. The third-order valence-electron chi connectivity index (χ3n) is 4.69. The molecule has 1 heterocycles. The molecule has 4 atom stereocenters. The van der Waals surface area contributed by atoms with Crippen molar-refractivity contribution in [3.63, 3.8) is 0 Å². The van der Waals surface area contributed by atoms with Gasteiger partial charge in [0.2, 0.25) is 0 Å². The number of imidazole rings is 1. The van der Waals surface area contributed by atoms with Crippen LogP contribution in [0.3, 0.4) is 0 Å². The lowest BCUT2D eigenvalue weighted by molar-refractivity contribution is 0.448. The molecular formula is C11H14N2O. The van der Waals surface area contributed by atoms with E-state index in [1.807, 2.05) is 10.8 Å². The van der Waals surface area contributed by atoms with E-state index in [0.29, 0.717) is 6.04 Å². The summed E-state index contributed by atoms with van der Waals surface area (Å²) in [4.78, 5) is 14.2. The van der Waals surface area contributed by atoms with Crippen molar-refractivity contribution < 1.29 is 0 Å². The quantitative estimate of drug-likeness (QED) is 0.714. The molecule has 3 saturated carbocycles. The molecule has 1 aromatic rings. The number of nitrogens with one attached hydrogen (secondary N) is 1. The first-order valence-corrected chi connectivity index (χ1v) is 5.62. The van der Waals surface area contributed by atoms with Gasteiger partial charge in [0.25, 0.3) is 0 Å². The molecule has 74 valence electrons. The maximum atomic E-state index is 11.5. The number of fused-ring (bicyclic) bond motifs is 5. The van der Waals surface area contributed by atoms with E-state index < -0.39 is 0 Å². The number of H-pyrrole nitrogens is 1. The molecular weight excluding hydrogens is 176 g/mol. The van der Waals surface area contributed by atoms with E-state index in [4.69, 9.17) is 0 Å². The van der Waals surface area contributed by atoms with Crippen LogP contribution in [-0.4, -0.2) is 9.55 Å². The zero-order chi connectivity index (χ0) is 9.28. The van der Waals surface area contributed by atoms with Crippen molar-refractivity contribution in [1.29, 1.82) is 0 Å². The van der Waals surface area contributed by atoms with E-state index in [9.17, 15) is 4.79 Å². The second-order valence-electron chi connectivity index (χ2n) is 5.15. The summed E-state index contributed by atoms with van der Waals surface area (Å²) in [5.74, 6) is 3.58. The van der Waals surface area contributed by atoms with Crippen molar-refractivity contribution in [1.82, 2.24) is 9.55 Å². The SMILES string of the molecule is O=c1[nH]ccn1C1C2C3CCC(C3)C21. The van der Waals surface area contributed by atoms with Gasteiger partial charge in [0.15, 0.2) is 0 Å². The summed E-state index contributed by atoms with van der Waals surface area (Å²) in [6, 6.07) is 0.556. The summed E-state index contributed by atoms with van der Waals surface area (Å²) in [7, 11) is 0. The van der Waals surface area contributed by atoms with Gasteiger partial charge in [-0.15, -0.1) is 0 Å². The van der Waals surface area contributed by atoms with Gasteiger partial charge in [-0.25, -0.2) is 4.79 Å². The third-order valence-corrected chi connectivity index (χ3v) is 4.69. The van der Waals surface area contributed by atoms with Gasteiger partial charge in [-0.3, -0.25) is 4.57 Å². The van der Waals surface area contributed by atoms with Gasteiger partial charge in [0.05, 0.1) is 0 Å². The van der Waals surface area contributed by atoms with Gasteiger partial charge in [0, 0.05) is 18.4 Å². The van der Waals surface area contributed by atoms with E-state index in [1.54, 1.807) is 6.20 Å². The topological polar surface area (TPSA) is 37.8 Å². The fourth-order valence-electron chi connectivity index (χ4n) is 4.22. The van der Waals surface area contributed by atoms with E-state index >= 15 is 0 Å². The highest BCUT2D eigenvalue weighted by Gasteiger charge is 2.65. The number of hydrogen-bond donors (Lipinski definition) is 1. The highest BCUT2D eigenvalue weighted by atomic mass is 16.1. The van der Waals surface area contributed by atoms with Crippen LogP contribution in [0.5, 0.6) is 0 Å². The molecule has 1 aromatic heterocycles. The molecule has 0 aromatic carbocycles. The Morgan fingerprint density at radius 3 is 2.57 bits per heavy atom. The molecule has 1 N–H and O–H groups in total. The molecule has 3 heteroatoms. The van der Waals surface area contributed by atoms with Gasteiger partial charge < -0.3 is 4.98 Å². The maximum absolute atomic E-state index is 11.5. The van der Waals surface area contributed by atoms with Crippen molar-refractivity contribution in [3.05, 3.63) is 22.9 Å². The van der Waals surface area contributed by atoms with Crippen molar-refractivity contribution in [2.75, 3.05) is 0 Å². The smallest absolute Gasteiger partial charge is 0.313 e. The zero-order valence-electron chi connectivity index (χ0n) is 8.02. The summed E-state index contributed by atoms with van der Waals surface area (Å²) in [5.41, 5.74) is 0.0869. The molecule has 3 aliphatic rings. The Labute approximate surface area is 82.1 Å². The van der Waals surface area contributed by atoms with Crippen molar-refractivity contribution >= 4 is 0 Å². The highest BCUT2D eigenvalue weighted by Crippen LogP contribution is 2.71. The van der Waals surface area contributed by atoms with Crippen LogP contribution in [0.4, 0.5) is 0 Å². The van der Waals surface area contributed by atoms with Crippen LogP contribution in [-0.2, 0) is 0 Å². The Morgan fingerprint density at radius 1 is 1.29 bits per heavy atom. The number of rotatable bonds is 1. The number of aromatic amines is 1. The van der Waals surface area contributed by atoms with Crippen LogP contribution in [0.15, 0.2) is 17.2 Å². The van der Waals surface area contributed by atoms with Crippen molar-refractivity contribution in [2.45, 2.75) is 25.3 Å². The van der Waals surface area contributed by atoms with E-state index in [2.05, 4.69) is 4.98 Å². The summed E-state index contributed by atoms with van der Waals surface area (Å²) in [6.45, 7) is 0. The van der Waals surface area contributed by atoms with E-state index in [-0.39, 0.29) is 5.69 Å². The zero-order valence-corrected chi connectivity index (χ0v) is 8.02. The lowest BCUT2D eigenvalue weighted by Crippen LogP contribution is -2.18. The van der Waals surface area contributed by atoms with Crippen LogP contribution >= 0.6 is 0 Å². The molecule has 3 fully saturated rings. The van der Waals surface area contributed by atoms with E-state index in [0.717, 1.165) is 23.7 Å². The molecule has 0 amide bonds. The van der Waals surface area contributed by atoms with Crippen LogP contribution in [0.2, 0.25) is 0 Å². The minimum atomic E-state index is 0.0869. The lowest BCUT2D eigenvalue weighted by Gasteiger charge is -2.08. The monoisotopic (exact) mass is 190 g/mol. The summed E-state index contributed by atoms with van der Waals surface area (Å²) in [5, 5.41) is 0. The predicted octanol–water partition coefficient (Wildman–Crippen LogP) is 1.39. The molecule has 3 nitrogen and oxygen atoms in total. The minimum absolute atomic E-state index is 0.0869. The number of aromatic nitrogens is 2. The number of hydrogen-bond acceptors (Lipinski definition) is 1. The van der Waals surface area contributed by atoms with Crippen LogP contribution in [0, 0.1) is 23.7 Å². The van der Waals surface area contributed by atoms with Crippen LogP contribution < -0.4 is 5.69 Å². The van der Waals surface area contributed by atoms with Gasteiger partial charge >= 0.3 is 5.69 Å². The van der Waals surface area contributed by atoms with Gasteiger partial charge in [-0.2, -0.15) is 0 Å². The average molecular weight is 190 g/mol. The molecule has 4 rings (SSSR count). The number of nitrogens with zero attached hydrogens (tertiary/aromatic N) is 1. The first kappa shape index (κ1) is 7.32. The molecule has 4 unspecified atom stereocenters. The van der Waals surface area contributed by atoms with Gasteiger partial charge in [-0.05, 0) is 42.9 Å². The molecule has 0 saturated heterocycles. The summed E-state index contributed by atoms with van der Waals surface area (Å²) >= 11 is 0. The predicted molar refractivity (Wildman–Crippen MR) is 51.9 cm³/mol. The van der Waals surface area contributed by atoms with Gasteiger partial charge in [0.1, 0.15) is 0 Å². The molecule has 0 aliphatic heterocycles. The Hall–Kier alpha value is -0.990. The average Bonchev–Trinajstić information content (AvgIpc) is 2.59.